The Morgan fingerprint density at radius 1 is 1.16 bits per heavy atom. The highest BCUT2D eigenvalue weighted by Gasteiger charge is 2.15. The lowest BCUT2D eigenvalue weighted by Crippen LogP contribution is -2.24. The zero-order valence-corrected chi connectivity index (χ0v) is 14.5. The number of sulfonamides is 1. The number of nitrogens with zero attached hydrogens (tertiary/aromatic N) is 1. The highest BCUT2D eigenvalue weighted by atomic mass is 32.2. The molecule has 2 rings (SSSR count). The van der Waals surface area contributed by atoms with E-state index >= 15 is 0 Å². The van der Waals surface area contributed by atoms with Crippen LogP contribution in [0.25, 0.3) is 0 Å². The summed E-state index contributed by atoms with van der Waals surface area (Å²) in [6.07, 6.45) is 1.40. The molecule has 0 fully saturated rings. The van der Waals surface area contributed by atoms with Crippen molar-refractivity contribution in [2.45, 2.75) is 18.4 Å². The Kier molecular flexibility index (Phi) is 5.84. The summed E-state index contributed by atoms with van der Waals surface area (Å²) < 4.78 is 31.6. The molecule has 1 aromatic heterocycles. The standard InChI is InChI=1S/C16H17N3O5S/c1-11(20)19-13-3-5-15(6-4-13)25(22,23)18-10-14-9-12(7-8-17-14)16(21)24-2/h3-9,18H,10H2,1-2H3,(H,19,20). The van der Waals surface area contributed by atoms with Crippen molar-refractivity contribution in [2.24, 2.45) is 0 Å². The molecular weight excluding hydrogens is 346 g/mol. The van der Waals surface area contributed by atoms with Crippen LogP contribution >= 0.6 is 0 Å². The van der Waals surface area contributed by atoms with Crippen molar-refractivity contribution in [3.8, 4) is 0 Å². The fraction of sp³-hybridized carbons (Fsp3) is 0.188. The number of carbonyl (C=O) groups excluding carboxylic acids is 2. The van der Waals surface area contributed by atoms with Gasteiger partial charge in [0.15, 0.2) is 0 Å². The summed E-state index contributed by atoms with van der Waals surface area (Å²) in [5.74, 6) is -0.773. The van der Waals surface area contributed by atoms with Gasteiger partial charge in [-0.25, -0.2) is 17.9 Å². The van der Waals surface area contributed by atoms with Gasteiger partial charge in [-0.2, -0.15) is 0 Å². The highest BCUT2D eigenvalue weighted by molar-refractivity contribution is 7.89. The normalized spacial score (nSPS) is 11.0. The number of amides is 1. The molecule has 9 heteroatoms. The van der Waals surface area contributed by atoms with E-state index in [1.165, 1.54) is 56.6 Å². The molecular formula is C16H17N3O5S. The van der Waals surface area contributed by atoms with Crippen LogP contribution in [0.3, 0.4) is 0 Å². The number of aromatic nitrogens is 1. The molecule has 0 unspecified atom stereocenters. The van der Waals surface area contributed by atoms with Crippen LogP contribution in [-0.4, -0.2) is 32.4 Å². The molecule has 2 N–H and O–H groups in total. The van der Waals surface area contributed by atoms with Crippen LogP contribution in [-0.2, 0) is 26.1 Å². The average Bonchev–Trinajstić information content (AvgIpc) is 2.59. The SMILES string of the molecule is COC(=O)c1ccnc(CNS(=O)(=O)c2ccc(NC(C)=O)cc2)c1. The predicted octanol–water partition coefficient (Wildman–Crippen LogP) is 1.31. The maximum atomic E-state index is 12.3. The summed E-state index contributed by atoms with van der Waals surface area (Å²) in [5.41, 5.74) is 1.16. The smallest absolute Gasteiger partial charge is 0.337 e. The second-order valence-corrected chi connectivity index (χ2v) is 6.82. The number of anilines is 1. The van der Waals surface area contributed by atoms with E-state index in [-0.39, 0.29) is 22.9 Å². The predicted molar refractivity (Wildman–Crippen MR) is 90.3 cm³/mol. The summed E-state index contributed by atoms with van der Waals surface area (Å²) in [4.78, 5) is 26.5. The van der Waals surface area contributed by atoms with Gasteiger partial charge in [0.2, 0.25) is 15.9 Å². The number of pyridine rings is 1. The fourth-order valence-corrected chi connectivity index (χ4v) is 2.99. The van der Waals surface area contributed by atoms with Gasteiger partial charge in [0.25, 0.3) is 0 Å². The number of ether oxygens (including phenoxy) is 1. The number of hydrogen-bond donors (Lipinski definition) is 2. The molecule has 0 aliphatic rings. The Hall–Kier alpha value is -2.78. The van der Waals surface area contributed by atoms with Crippen molar-refractivity contribution in [3.05, 3.63) is 53.9 Å². The van der Waals surface area contributed by atoms with E-state index in [4.69, 9.17) is 0 Å². The molecule has 8 nitrogen and oxygen atoms in total. The van der Waals surface area contributed by atoms with E-state index in [0.717, 1.165) is 0 Å². The van der Waals surface area contributed by atoms with Crippen molar-refractivity contribution in [3.63, 3.8) is 0 Å². The van der Waals surface area contributed by atoms with Crippen molar-refractivity contribution in [1.82, 2.24) is 9.71 Å². The topological polar surface area (TPSA) is 114 Å². The minimum Gasteiger partial charge on any atom is -0.465 e. The van der Waals surface area contributed by atoms with Gasteiger partial charge in [-0.15, -0.1) is 0 Å². The maximum Gasteiger partial charge on any atom is 0.337 e. The summed E-state index contributed by atoms with van der Waals surface area (Å²) in [6.45, 7) is 1.28. The van der Waals surface area contributed by atoms with Crippen LogP contribution in [0.1, 0.15) is 23.0 Å². The third-order valence-electron chi connectivity index (χ3n) is 3.17. The number of methoxy groups -OCH3 is 1. The van der Waals surface area contributed by atoms with E-state index < -0.39 is 16.0 Å². The van der Waals surface area contributed by atoms with Gasteiger partial charge in [0.05, 0.1) is 29.8 Å². The molecule has 132 valence electrons. The van der Waals surface area contributed by atoms with Crippen LogP contribution in [0.2, 0.25) is 0 Å². The minimum absolute atomic E-state index is 0.0470. The van der Waals surface area contributed by atoms with Crippen molar-refractivity contribution in [1.29, 1.82) is 0 Å². The van der Waals surface area contributed by atoms with E-state index in [2.05, 4.69) is 19.8 Å². The zero-order chi connectivity index (χ0) is 18.4. The van der Waals surface area contributed by atoms with Crippen LogP contribution in [0.5, 0.6) is 0 Å². The molecule has 0 aliphatic carbocycles. The van der Waals surface area contributed by atoms with E-state index in [1.54, 1.807) is 0 Å². The molecule has 0 spiro atoms. The highest BCUT2D eigenvalue weighted by Crippen LogP contribution is 2.14. The Morgan fingerprint density at radius 2 is 1.84 bits per heavy atom. The third-order valence-corrected chi connectivity index (χ3v) is 4.58. The van der Waals surface area contributed by atoms with Crippen LogP contribution < -0.4 is 10.0 Å². The second-order valence-electron chi connectivity index (χ2n) is 5.06. The van der Waals surface area contributed by atoms with E-state index in [0.29, 0.717) is 11.4 Å². The molecule has 0 saturated carbocycles. The molecule has 2 aromatic rings. The van der Waals surface area contributed by atoms with Gasteiger partial charge in [-0.05, 0) is 36.4 Å². The lowest BCUT2D eigenvalue weighted by Gasteiger charge is -2.08. The molecule has 1 heterocycles. The average molecular weight is 363 g/mol. The Balaban J connectivity index is 2.09. The number of nitrogens with one attached hydrogen (secondary N) is 2. The second kappa shape index (κ2) is 7.86. The maximum absolute atomic E-state index is 12.3. The first-order valence-electron chi connectivity index (χ1n) is 7.22. The van der Waals surface area contributed by atoms with Gasteiger partial charge < -0.3 is 10.1 Å². The number of carbonyl (C=O) groups is 2. The van der Waals surface area contributed by atoms with Crippen molar-refractivity contribution < 1.29 is 22.7 Å². The molecule has 1 aromatic carbocycles. The van der Waals surface area contributed by atoms with Crippen molar-refractivity contribution in [2.75, 3.05) is 12.4 Å². The molecule has 0 aliphatic heterocycles. The molecule has 0 atom stereocenters. The van der Waals surface area contributed by atoms with Gasteiger partial charge in [0, 0.05) is 18.8 Å². The van der Waals surface area contributed by atoms with Crippen molar-refractivity contribution >= 4 is 27.6 Å². The third kappa shape index (κ3) is 5.10. The van der Waals surface area contributed by atoms with E-state index in [1.807, 2.05) is 0 Å². The van der Waals surface area contributed by atoms with Gasteiger partial charge >= 0.3 is 5.97 Å². The number of hydrogen-bond acceptors (Lipinski definition) is 6. The van der Waals surface area contributed by atoms with Gasteiger partial charge in [-0.3, -0.25) is 9.78 Å². The minimum atomic E-state index is -3.76. The van der Waals surface area contributed by atoms with E-state index in [9.17, 15) is 18.0 Å². The lowest BCUT2D eigenvalue weighted by molar-refractivity contribution is -0.114. The number of esters is 1. The summed E-state index contributed by atoms with van der Waals surface area (Å²) in [6, 6.07) is 8.68. The largest absolute Gasteiger partial charge is 0.465 e. The fourth-order valence-electron chi connectivity index (χ4n) is 1.99. The first kappa shape index (κ1) is 18.6. The Morgan fingerprint density at radius 3 is 2.44 bits per heavy atom. The number of rotatable bonds is 6. The molecule has 0 saturated heterocycles. The zero-order valence-electron chi connectivity index (χ0n) is 13.6. The molecule has 0 bridgehead atoms. The Bertz CT molecular complexity index is 879. The van der Waals surface area contributed by atoms with Crippen LogP contribution in [0.15, 0.2) is 47.5 Å². The first-order valence-corrected chi connectivity index (χ1v) is 8.71. The monoisotopic (exact) mass is 363 g/mol. The molecule has 1 amide bonds. The van der Waals surface area contributed by atoms with Gasteiger partial charge in [0.1, 0.15) is 0 Å². The lowest BCUT2D eigenvalue weighted by atomic mass is 10.2. The first-order chi connectivity index (χ1) is 11.8. The summed E-state index contributed by atoms with van der Waals surface area (Å²) in [7, 11) is -2.50. The van der Waals surface area contributed by atoms with Crippen LogP contribution in [0, 0.1) is 0 Å². The number of benzene rings is 1. The molecule has 0 radical (unpaired) electrons. The van der Waals surface area contributed by atoms with Gasteiger partial charge in [-0.1, -0.05) is 0 Å². The summed E-state index contributed by atoms with van der Waals surface area (Å²) in [5, 5.41) is 2.56. The van der Waals surface area contributed by atoms with Crippen LogP contribution in [0.4, 0.5) is 5.69 Å². The molecule has 25 heavy (non-hydrogen) atoms. The summed E-state index contributed by atoms with van der Waals surface area (Å²) >= 11 is 0. The Labute approximate surface area is 145 Å². The quantitative estimate of drug-likeness (QED) is 0.748.